The fourth-order valence-electron chi connectivity index (χ4n) is 2.58. The quantitative estimate of drug-likeness (QED) is 0.274. The highest BCUT2D eigenvalue weighted by Crippen LogP contribution is 2.23. The van der Waals surface area contributed by atoms with E-state index in [-0.39, 0.29) is 35.7 Å². The highest BCUT2D eigenvalue weighted by Gasteiger charge is 2.30. The standard InChI is InChI=1S/C16H23F3N4O.HI/c17-16(18,19)24-14-7-5-13(6-8-14)22-15(20)21-9-1-2-10-23-11-3-4-12-23;/h5-8H,1-4,9-12H2,(H3,20,21,22);1H. The maximum atomic E-state index is 12.1. The Morgan fingerprint density at radius 3 is 2.40 bits per heavy atom. The lowest BCUT2D eigenvalue weighted by Gasteiger charge is -2.13. The van der Waals surface area contributed by atoms with E-state index >= 15 is 0 Å². The Balaban J connectivity index is 0.00000312. The first-order valence-electron chi connectivity index (χ1n) is 8.07. The largest absolute Gasteiger partial charge is 0.573 e. The van der Waals surface area contributed by atoms with Crippen LogP contribution >= 0.6 is 24.0 Å². The van der Waals surface area contributed by atoms with Gasteiger partial charge in [0, 0.05) is 12.2 Å². The smallest absolute Gasteiger partial charge is 0.406 e. The molecule has 142 valence electrons. The van der Waals surface area contributed by atoms with Crippen LogP contribution in [0.25, 0.3) is 0 Å². The lowest BCUT2D eigenvalue weighted by molar-refractivity contribution is -0.274. The number of alkyl halides is 3. The maximum absolute atomic E-state index is 12.1. The lowest BCUT2D eigenvalue weighted by Crippen LogP contribution is -2.23. The van der Waals surface area contributed by atoms with Gasteiger partial charge in [-0.2, -0.15) is 0 Å². The molecule has 1 aromatic rings. The van der Waals surface area contributed by atoms with Crippen LogP contribution in [0.4, 0.5) is 18.9 Å². The molecule has 0 radical (unpaired) electrons. The van der Waals surface area contributed by atoms with E-state index in [0.29, 0.717) is 12.2 Å². The van der Waals surface area contributed by atoms with Gasteiger partial charge in [-0.1, -0.05) is 0 Å². The number of halogens is 4. The molecule has 0 aliphatic carbocycles. The molecule has 1 fully saturated rings. The van der Waals surface area contributed by atoms with Crippen LogP contribution in [0.15, 0.2) is 29.3 Å². The highest BCUT2D eigenvalue weighted by molar-refractivity contribution is 14.0. The third-order valence-corrected chi connectivity index (χ3v) is 3.72. The molecular formula is C16H24F3IN4O. The average molecular weight is 472 g/mol. The first-order valence-corrected chi connectivity index (χ1v) is 8.07. The van der Waals surface area contributed by atoms with E-state index in [1.54, 1.807) is 0 Å². The van der Waals surface area contributed by atoms with Crippen molar-refractivity contribution in [3.05, 3.63) is 24.3 Å². The normalized spacial score (nSPS) is 15.7. The number of hydrogen-bond acceptors (Lipinski definition) is 3. The maximum Gasteiger partial charge on any atom is 0.573 e. The van der Waals surface area contributed by atoms with Crippen molar-refractivity contribution in [1.82, 2.24) is 4.90 Å². The summed E-state index contributed by atoms with van der Waals surface area (Å²) in [6.07, 6.45) is -0.0638. The first-order chi connectivity index (χ1) is 11.4. The predicted molar refractivity (Wildman–Crippen MR) is 104 cm³/mol. The molecule has 25 heavy (non-hydrogen) atoms. The molecule has 1 aliphatic heterocycles. The van der Waals surface area contributed by atoms with Gasteiger partial charge in [0.2, 0.25) is 0 Å². The van der Waals surface area contributed by atoms with Crippen LogP contribution in [0.1, 0.15) is 25.7 Å². The number of guanidine groups is 1. The average Bonchev–Trinajstić information content (AvgIpc) is 3.01. The van der Waals surface area contributed by atoms with Gasteiger partial charge < -0.3 is 20.7 Å². The molecule has 0 atom stereocenters. The van der Waals surface area contributed by atoms with Gasteiger partial charge in [0.15, 0.2) is 5.96 Å². The lowest BCUT2D eigenvalue weighted by atomic mass is 10.3. The predicted octanol–water partition coefficient (Wildman–Crippen LogP) is 3.81. The van der Waals surface area contributed by atoms with Crippen LogP contribution in [0.5, 0.6) is 5.75 Å². The summed E-state index contributed by atoms with van der Waals surface area (Å²) in [5, 5.41) is 2.84. The number of unbranched alkanes of at least 4 members (excludes halogenated alkanes) is 1. The van der Waals surface area contributed by atoms with E-state index in [4.69, 9.17) is 5.73 Å². The molecule has 3 N–H and O–H groups in total. The summed E-state index contributed by atoms with van der Waals surface area (Å²) < 4.78 is 40.0. The molecule has 9 heteroatoms. The Morgan fingerprint density at radius 1 is 1.16 bits per heavy atom. The van der Waals surface area contributed by atoms with Crippen LogP contribution in [0.2, 0.25) is 0 Å². The van der Waals surface area contributed by atoms with E-state index in [1.165, 1.54) is 50.2 Å². The van der Waals surface area contributed by atoms with Crippen molar-refractivity contribution >= 4 is 35.6 Å². The molecule has 0 aromatic heterocycles. The molecule has 2 rings (SSSR count). The summed E-state index contributed by atoms with van der Waals surface area (Å²) >= 11 is 0. The molecule has 1 heterocycles. The van der Waals surface area contributed by atoms with Crippen LogP contribution in [0.3, 0.4) is 0 Å². The Bertz CT molecular complexity index is 531. The van der Waals surface area contributed by atoms with Crippen molar-refractivity contribution in [3.8, 4) is 5.75 Å². The number of ether oxygens (including phenoxy) is 1. The summed E-state index contributed by atoms with van der Waals surface area (Å²) in [5.74, 6) is -0.0221. The van der Waals surface area contributed by atoms with Crippen molar-refractivity contribution in [2.24, 2.45) is 10.7 Å². The number of nitrogens with zero attached hydrogens (tertiary/aromatic N) is 2. The summed E-state index contributed by atoms with van der Waals surface area (Å²) in [6.45, 7) is 4.12. The van der Waals surface area contributed by atoms with Gasteiger partial charge in [-0.25, -0.2) is 0 Å². The summed E-state index contributed by atoms with van der Waals surface area (Å²) in [6, 6.07) is 5.35. The Labute approximate surface area is 162 Å². The van der Waals surface area contributed by atoms with E-state index in [2.05, 4.69) is 19.9 Å². The molecule has 0 bridgehead atoms. The molecule has 0 unspecified atom stereocenters. The van der Waals surface area contributed by atoms with Crippen LogP contribution in [-0.4, -0.2) is 43.4 Å². The Hall–Kier alpha value is -1.23. The second kappa shape index (κ2) is 10.7. The van der Waals surface area contributed by atoms with Crippen LogP contribution in [-0.2, 0) is 0 Å². The third-order valence-electron chi connectivity index (χ3n) is 3.72. The van der Waals surface area contributed by atoms with Gasteiger partial charge in [0.05, 0.1) is 0 Å². The first kappa shape index (κ1) is 21.8. The molecule has 1 aromatic carbocycles. The van der Waals surface area contributed by atoms with E-state index in [1.807, 2.05) is 0 Å². The summed E-state index contributed by atoms with van der Waals surface area (Å²) in [4.78, 5) is 6.67. The van der Waals surface area contributed by atoms with E-state index in [0.717, 1.165) is 19.4 Å². The fraction of sp³-hybridized carbons (Fsp3) is 0.562. The summed E-state index contributed by atoms with van der Waals surface area (Å²) in [7, 11) is 0. The zero-order valence-corrected chi connectivity index (χ0v) is 16.2. The van der Waals surface area contributed by atoms with Gasteiger partial charge >= 0.3 is 6.36 Å². The number of anilines is 1. The minimum Gasteiger partial charge on any atom is -0.406 e. The van der Waals surface area contributed by atoms with Gasteiger partial charge in [-0.3, -0.25) is 4.99 Å². The number of nitrogens with one attached hydrogen (secondary N) is 1. The molecule has 0 spiro atoms. The van der Waals surface area contributed by atoms with Crippen molar-refractivity contribution in [3.63, 3.8) is 0 Å². The SMILES string of the molecule is I.NC(=NCCCCN1CCCC1)Nc1ccc(OC(F)(F)F)cc1. The third kappa shape index (κ3) is 9.15. The number of benzene rings is 1. The van der Waals surface area contributed by atoms with Gasteiger partial charge in [-0.05, 0) is 69.6 Å². The minimum absolute atomic E-state index is 0. The number of hydrogen-bond donors (Lipinski definition) is 2. The molecule has 5 nitrogen and oxygen atoms in total. The van der Waals surface area contributed by atoms with Crippen molar-refractivity contribution in [1.29, 1.82) is 0 Å². The van der Waals surface area contributed by atoms with E-state index < -0.39 is 6.36 Å². The van der Waals surface area contributed by atoms with Crippen LogP contribution in [0, 0.1) is 0 Å². The monoisotopic (exact) mass is 472 g/mol. The van der Waals surface area contributed by atoms with Gasteiger partial charge in [0.25, 0.3) is 0 Å². The van der Waals surface area contributed by atoms with Crippen LogP contribution < -0.4 is 15.8 Å². The van der Waals surface area contributed by atoms with Gasteiger partial charge in [0.1, 0.15) is 5.75 Å². The number of rotatable bonds is 7. The zero-order chi connectivity index (χ0) is 17.4. The molecule has 1 aliphatic rings. The second-order valence-electron chi connectivity index (χ2n) is 5.72. The molecule has 0 amide bonds. The Kier molecular flexibility index (Phi) is 9.33. The van der Waals surface area contributed by atoms with Crippen molar-refractivity contribution < 1.29 is 17.9 Å². The molecule has 1 saturated heterocycles. The molecular weight excluding hydrogens is 448 g/mol. The number of aliphatic imine (C=N–C) groups is 1. The fourth-order valence-corrected chi connectivity index (χ4v) is 2.58. The van der Waals surface area contributed by atoms with Gasteiger partial charge in [-0.15, -0.1) is 37.1 Å². The van der Waals surface area contributed by atoms with Crippen molar-refractivity contribution in [2.75, 3.05) is 31.5 Å². The Morgan fingerprint density at radius 2 is 1.80 bits per heavy atom. The number of likely N-dealkylation sites (tertiary alicyclic amines) is 1. The summed E-state index contributed by atoms with van der Waals surface area (Å²) in [5.41, 5.74) is 6.33. The zero-order valence-electron chi connectivity index (χ0n) is 13.9. The minimum atomic E-state index is -4.69. The second-order valence-corrected chi connectivity index (χ2v) is 5.72. The van der Waals surface area contributed by atoms with E-state index in [9.17, 15) is 13.2 Å². The van der Waals surface area contributed by atoms with Crippen molar-refractivity contribution in [2.45, 2.75) is 32.0 Å². The molecule has 0 saturated carbocycles. The highest BCUT2D eigenvalue weighted by atomic mass is 127. The number of nitrogens with two attached hydrogens (primary N) is 1. The topological polar surface area (TPSA) is 62.9 Å².